The van der Waals surface area contributed by atoms with E-state index in [0.29, 0.717) is 5.69 Å². The van der Waals surface area contributed by atoms with E-state index in [1.807, 2.05) is 19.1 Å². The van der Waals surface area contributed by atoms with Crippen molar-refractivity contribution in [1.82, 2.24) is 0 Å². The molecule has 0 aliphatic rings. The number of rotatable bonds is 1. The van der Waals surface area contributed by atoms with Crippen molar-refractivity contribution in [2.45, 2.75) is 13.8 Å². The molecule has 0 aliphatic carbocycles. The highest BCUT2D eigenvalue weighted by Gasteiger charge is 2.08. The zero-order valence-electron chi connectivity index (χ0n) is 9.49. The van der Waals surface area contributed by atoms with E-state index in [0.717, 1.165) is 11.1 Å². The predicted octanol–water partition coefficient (Wildman–Crippen LogP) is 3.26. The molecule has 0 bridgehead atoms. The lowest BCUT2D eigenvalue weighted by Gasteiger charge is -2.11. The SMILES string of the molecule is Cc1cccc(-c2cc(N)ccc2O)c1C. The van der Waals surface area contributed by atoms with E-state index in [1.165, 1.54) is 11.1 Å². The summed E-state index contributed by atoms with van der Waals surface area (Å²) in [6.07, 6.45) is 0. The van der Waals surface area contributed by atoms with E-state index in [-0.39, 0.29) is 5.75 Å². The highest BCUT2D eigenvalue weighted by atomic mass is 16.3. The van der Waals surface area contributed by atoms with Crippen LogP contribution >= 0.6 is 0 Å². The van der Waals surface area contributed by atoms with Crippen LogP contribution in [0.1, 0.15) is 11.1 Å². The number of aromatic hydroxyl groups is 1. The molecule has 2 rings (SSSR count). The van der Waals surface area contributed by atoms with E-state index in [2.05, 4.69) is 13.0 Å². The average Bonchev–Trinajstić information content (AvgIpc) is 2.26. The first-order chi connectivity index (χ1) is 7.59. The molecule has 0 atom stereocenters. The fraction of sp³-hybridized carbons (Fsp3) is 0.143. The quantitative estimate of drug-likeness (QED) is 0.564. The van der Waals surface area contributed by atoms with Crippen molar-refractivity contribution in [2.24, 2.45) is 0 Å². The average molecular weight is 213 g/mol. The van der Waals surface area contributed by atoms with E-state index >= 15 is 0 Å². The van der Waals surface area contributed by atoms with Crippen LogP contribution in [-0.4, -0.2) is 5.11 Å². The normalized spacial score (nSPS) is 10.4. The van der Waals surface area contributed by atoms with Crippen LogP contribution in [-0.2, 0) is 0 Å². The van der Waals surface area contributed by atoms with Crippen molar-refractivity contribution >= 4 is 5.69 Å². The van der Waals surface area contributed by atoms with E-state index in [9.17, 15) is 5.11 Å². The number of phenolic OH excluding ortho intramolecular Hbond substituents is 1. The van der Waals surface area contributed by atoms with E-state index < -0.39 is 0 Å². The summed E-state index contributed by atoms with van der Waals surface area (Å²) in [5.41, 5.74) is 10.6. The van der Waals surface area contributed by atoms with Crippen LogP contribution in [0.25, 0.3) is 11.1 Å². The lowest BCUT2D eigenvalue weighted by atomic mass is 9.96. The van der Waals surface area contributed by atoms with Crippen LogP contribution < -0.4 is 5.73 Å². The number of phenols is 1. The lowest BCUT2D eigenvalue weighted by molar-refractivity contribution is 0.477. The Hall–Kier alpha value is -1.96. The van der Waals surface area contributed by atoms with Gasteiger partial charge >= 0.3 is 0 Å². The van der Waals surface area contributed by atoms with Gasteiger partial charge in [0.1, 0.15) is 5.75 Å². The third-order valence-corrected chi connectivity index (χ3v) is 2.92. The Labute approximate surface area is 95.4 Å². The first-order valence-corrected chi connectivity index (χ1v) is 5.24. The van der Waals surface area contributed by atoms with Crippen LogP contribution in [0, 0.1) is 13.8 Å². The minimum Gasteiger partial charge on any atom is -0.507 e. The second kappa shape index (κ2) is 3.89. The van der Waals surface area contributed by atoms with Crippen LogP contribution in [0.5, 0.6) is 5.75 Å². The third kappa shape index (κ3) is 1.74. The monoisotopic (exact) mass is 213 g/mol. The fourth-order valence-electron chi connectivity index (χ4n) is 1.81. The first-order valence-electron chi connectivity index (χ1n) is 5.24. The number of nitrogen functional groups attached to an aromatic ring is 1. The number of aryl methyl sites for hydroxylation is 1. The molecule has 3 N–H and O–H groups in total. The molecular weight excluding hydrogens is 198 g/mol. The molecule has 0 unspecified atom stereocenters. The van der Waals surface area contributed by atoms with Gasteiger partial charge in [0.2, 0.25) is 0 Å². The molecule has 0 spiro atoms. The minimum atomic E-state index is 0.267. The van der Waals surface area contributed by atoms with Crippen molar-refractivity contribution in [3.63, 3.8) is 0 Å². The molecule has 0 fully saturated rings. The standard InChI is InChI=1S/C14H15NO/c1-9-4-3-5-12(10(9)2)13-8-11(15)6-7-14(13)16/h3-8,16H,15H2,1-2H3. The van der Waals surface area contributed by atoms with E-state index in [4.69, 9.17) is 5.73 Å². The maximum absolute atomic E-state index is 9.85. The molecule has 2 aromatic rings. The Kier molecular flexibility index (Phi) is 2.57. The summed E-state index contributed by atoms with van der Waals surface area (Å²) in [7, 11) is 0. The first kappa shape index (κ1) is 10.6. The highest BCUT2D eigenvalue weighted by Crippen LogP contribution is 2.33. The van der Waals surface area contributed by atoms with Gasteiger partial charge in [-0.25, -0.2) is 0 Å². The number of hydrogen-bond acceptors (Lipinski definition) is 2. The van der Waals surface area contributed by atoms with Gasteiger partial charge in [-0.15, -0.1) is 0 Å². The number of benzene rings is 2. The van der Waals surface area contributed by atoms with Gasteiger partial charge in [0.15, 0.2) is 0 Å². The molecule has 2 nitrogen and oxygen atoms in total. The Balaban J connectivity index is 2.67. The molecule has 2 aromatic carbocycles. The lowest BCUT2D eigenvalue weighted by Crippen LogP contribution is -1.90. The highest BCUT2D eigenvalue weighted by molar-refractivity contribution is 5.76. The smallest absolute Gasteiger partial charge is 0.123 e. The van der Waals surface area contributed by atoms with Gasteiger partial charge in [-0.05, 0) is 48.7 Å². The molecule has 0 radical (unpaired) electrons. The molecule has 16 heavy (non-hydrogen) atoms. The molecule has 0 aromatic heterocycles. The molecule has 0 saturated carbocycles. The van der Waals surface area contributed by atoms with Gasteiger partial charge in [0.25, 0.3) is 0 Å². The molecule has 0 aliphatic heterocycles. The van der Waals surface area contributed by atoms with E-state index in [1.54, 1.807) is 18.2 Å². The van der Waals surface area contributed by atoms with Gasteiger partial charge in [-0.2, -0.15) is 0 Å². The molecule has 0 amide bonds. The summed E-state index contributed by atoms with van der Waals surface area (Å²) >= 11 is 0. The predicted molar refractivity (Wildman–Crippen MR) is 67.4 cm³/mol. The van der Waals surface area contributed by atoms with Crippen molar-refractivity contribution in [3.05, 3.63) is 47.5 Å². The van der Waals surface area contributed by atoms with Crippen LogP contribution in [0.2, 0.25) is 0 Å². The van der Waals surface area contributed by atoms with Gasteiger partial charge in [-0.1, -0.05) is 18.2 Å². The Morgan fingerprint density at radius 3 is 2.50 bits per heavy atom. The second-order valence-electron chi connectivity index (χ2n) is 4.02. The fourth-order valence-corrected chi connectivity index (χ4v) is 1.81. The van der Waals surface area contributed by atoms with Crippen LogP contribution in [0.15, 0.2) is 36.4 Å². The van der Waals surface area contributed by atoms with Gasteiger partial charge < -0.3 is 10.8 Å². The minimum absolute atomic E-state index is 0.267. The largest absolute Gasteiger partial charge is 0.507 e. The molecule has 0 heterocycles. The Bertz CT molecular complexity index is 532. The number of nitrogens with two attached hydrogens (primary N) is 1. The zero-order chi connectivity index (χ0) is 11.7. The summed E-state index contributed by atoms with van der Waals surface area (Å²) in [6, 6.07) is 11.2. The molecule has 82 valence electrons. The van der Waals surface area contributed by atoms with Crippen molar-refractivity contribution in [2.75, 3.05) is 5.73 Å². The number of hydrogen-bond donors (Lipinski definition) is 2. The van der Waals surface area contributed by atoms with Crippen LogP contribution in [0.3, 0.4) is 0 Å². The van der Waals surface area contributed by atoms with Gasteiger partial charge in [-0.3, -0.25) is 0 Å². The summed E-state index contributed by atoms with van der Waals surface area (Å²) in [4.78, 5) is 0. The molecule has 0 saturated heterocycles. The van der Waals surface area contributed by atoms with Crippen molar-refractivity contribution in [3.8, 4) is 16.9 Å². The summed E-state index contributed by atoms with van der Waals surface area (Å²) in [5.74, 6) is 0.267. The Morgan fingerprint density at radius 2 is 1.75 bits per heavy atom. The second-order valence-corrected chi connectivity index (χ2v) is 4.02. The molecular formula is C14H15NO. The third-order valence-electron chi connectivity index (χ3n) is 2.92. The summed E-state index contributed by atoms with van der Waals surface area (Å²) < 4.78 is 0. The maximum atomic E-state index is 9.85. The van der Waals surface area contributed by atoms with Crippen LogP contribution in [0.4, 0.5) is 5.69 Å². The van der Waals surface area contributed by atoms with Crippen molar-refractivity contribution in [1.29, 1.82) is 0 Å². The summed E-state index contributed by atoms with van der Waals surface area (Å²) in [5, 5.41) is 9.85. The van der Waals surface area contributed by atoms with Gasteiger partial charge in [0, 0.05) is 11.3 Å². The Morgan fingerprint density at radius 1 is 1.00 bits per heavy atom. The van der Waals surface area contributed by atoms with Crippen molar-refractivity contribution < 1.29 is 5.11 Å². The number of anilines is 1. The zero-order valence-corrected chi connectivity index (χ0v) is 9.49. The maximum Gasteiger partial charge on any atom is 0.123 e. The molecule has 2 heteroatoms. The topological polar surface area (TPSA) is 46.2 Å². The van der Waals surface area contributed by atoms with Gasteiger partial charge in [0.05, 0.1) is 0 Å². The summed E-state index contributed by atoms with van der Waals surface area (Å²) in [6.45, 7) is 4.11.